The van der Waals surface area contributed by atoms with Crippen LogP contribution in [0.5, 0.6) is 0 Å². The van der Waals surface area contributed by atoms with Crippen LogP contribution < -0.4 is 0 Å². The fourth-order valence-corrected chi connectivity index (χ4v) is 1.28. The average Bonchev–Trinajstić information content (AvgIpc) is 2.38. The lowest BCUT2D eigenvalue weighted by Crippen LogP contribution is -1.91. The minimum Gasteiger partial charge on any atom is -0.466 e. The predicted octanol–water partition coefficient (Wildman–Crippen LogP) is 2.89. The lowest BCUT2D eigenvalue weighted by Gasteiger charge is -1.95. The zero-order chi connectivity index (χ0) is 12.7. The Morgan fingerprint density at radius 2 is 2.18 bits per heavy atom. The third-order valence-corrected chi connectivity index (χ3v) is 2.13. The highest BCUT2D eigenvalue weighted by Crippen LogP contribution is 2.11. The molecule has 2 rings (SSSR count). The smallest absolute Gasteiger partial charge is 0.329 e. The Morgan fingerprint density at radius 1 is 1.41 bits per heavy atom. The zero-order valence-corrected chi connectivity index (χ0v) is 10.0. The van der Waals surface area contributed by atoms with Crippen molar-refractivity contribution in [3.8, 4) is 0 Å². The minimum absolute atomic E-state index is 0.394. The SMILES string of the molecule is C=CC(=O)OC.Cc1ccc2ncccc2c1. The van der Waals surface area contributed by atoms with E-state index in [1.165, 1.54) is 18.1 Å². The highest BCUT2D eigenvalue weighted by Gasteiger charge is 1.90. The van der Waals surface area contributed by atoms with Gasteiger partial charge in [0.25, 0.3) is 0 Å². The third kappa shape index (κ3) is 4.07. The first kappa shape index (κ1) is 12.9. The molecular weight excluding hydrogens is 214 g/mol. The predicted molar refractivity (Wildman–Crippen MR) is 68.7 cm³/mol. The fraction of sp³-hybridized carbons (Fsp3) is 0.143. The largest absolute Gasteiger partial charge is 0.466 e. The van der Waals surface area contributed by atoms with E-state index in [4.69, 9.17) is 0 Å². The summed E-state index contributed by atoms with van der Waals surface area (Å²) in [4.78, 5) is 14.1. The molecule has 0 N–H and O–H groups in total. The number of pyridine rings is 1. The van der Waals surface area contributed by atoms with Gasteiger partial charge in [-0.3, -0.25) is 4.98 Å². The van der Waals surface area contributed by atoms with Gasteiger partial charge in [0.1, 0.15) is 0 Å². The number of benzene rings is 1. The number of fused-ring (bicyclic) bond motifs is 1. The monoisotopic (exact) mass is 229 g/mol. The summed E-state index contributed by atoms with van der Waals surface area (Å²) in [7, 11) is 1.31. The Bertz CT molecular complexity index is 520. The quantitative estimate of drug-likeness (QED) is 0.557. The molecule has 1 heterocycles. The summed E-state index contributed by atoms with van der Waals surface area (Å²) in [6, 6.07) is 10.3. The van der Waals surface area contributed by atoms with E-state index in [1.54, 1.807) is 0 Å². The van der Waals surface area contributed by atoms with Crippen molar-refractivity contribution < 1.29 is 9.53 Å². The first-order valence-electron chi connectivity index (χ1n) is 5.19. The summed E-state index contributed by atoms with van der Waals surface area (Å²) in [5.74, 6) is -0.394. The number of hydrogen-bond acceptors (Lipinski definition) is 3. The maximum absolute atomic E-state index is 9.84. The van der Waals surface area contributed by atoms with Crippen LogP contribution in [0, 0.1) is 6.92 Å². The van der Waals surface area contributed by atoms with Gasteiger partial charge in [-0.05, 0) is 25.1 Å². The van der Waals surface area contributed by atoms with Crippen LogP contribution >= 0.6 is 0 Å². The Labute approximate surface area is 101 Å². The summed E-state index contributed by atoms with van der Waals surface area (Å²) in [5, 5.41) is 1.22. The Kier molecular flexibility index (Phi) is 4.88. The number of esters is 1. The molecule has 0 radical (unpaired) electrons. The van der Waals surface area contributed by atoms with E-state index in [0.29, 0.717) is 0 Å². The van der Waals surface area contributed by atoms with E-state index in [1.807, 2.05) is 18.3 Å². The van der Waals surface area contributed by atoms with Gasteiger partial charge < -0.3 is 4.74 Å². The van der Waals surface area contributed by atoms with Gasteiger partial charge in [0.2, 0.25) is 0 Å². The molecule has 0 aliphatic carbocycles. The van der Waals surface area contributed by atoms with Gasteiger partial charge >= 0.3 is 5.97 Å². The molecule has 88 valence electrons. The van der Waals surface area contributed by atoms with Crippen molar-refractivity contribution in [2.24, 2.45) is 0 Å². The molecule has 0 spiro atoms. The van der Waals surface area contributed by atoms with Crippen LogP contribution in [0.25, 0.3) is 10.9 Å². The van der Waals surface area contributed by atoms with E-state index in [2.05, 4.69) is 41.4 Å². The summed E-state index contributed by atoms with van der Waals surface area (Å²) < 4.78 is 4.14. The number of methoxy groups -OCH3 is 1. The number of carbonyl (C=O) groups is 1. The molecule has 3 nitrogen and oxygen atoms in total. The Morgan fingerprint density at radius 3 is 2.76 bits per heavy atom. The minimum atomic E-state index is -0.394. The second-order valence-electron chi connectivity index (χ2n) is 3.43. The Balaban J connectivity index is 0.000000209. The maximum Gasteiger partial charge on any atom is 0.329 e. The second kappa shape index (κ2) is 6.43. The highest BCUT2D eigenvalue weighted by atomic mass is 16.5. The van der Waals surface area contributed by atoms with Gasteiger partial charge in [-0.15, -0.1) is 0 Å². The van der Waals surface area contributed by atoms with Crippen LogP contribution in [0.2, 0.25) is 0 Å². The number of nitrogens with zero attached hydrogens (tertiary/aromatic N) is 1. The van der Waals surface area contributed by atoms with Crippen molar-refractivity contribution >= 4 is 16.9 Å². The number of carbonyl (C=O) groups excluding carboxylic acids is 1. The highest BCUT2D eigenvalue weighted by molar-refractivity contribution is 5.81. The molecule has 0 aliphatic rings. The van der Waals surface area contributed by atoms with E-state index in [0.717, 1.165) is 11.6 Å². The molecule has 0 amide bonds. The molecule has 0 unspecified atom stereocenters. The molecule has 0 saturated heterocycles. The lowest BCUT2D eigenvalue weighted by molar-refractivity contribution is -0.134. The van der Waals surface area contributed by atoms with E-state index in [9.17, 15) is 4.79 Å². The molecule has 0 saturated carbocycles. The number of rotatable bonds is 1. The van der Waals surface area contributed by atoms with Crippen molar-refractivity contribution in [3.63, 3.8) is 0 Å². The first-order chi connectivity index (χ1) is 8.17. The molecule has 17 heavy (non-hydrogen) atoms. The van der Waals surface area contributed by atoms with Crippen LogP contribution in [0.3, 0.4) is 0 Å². The third-order valence-electron chi connectivity index (χ3n) is 2.13. The zero-order valence-electron chi connectivity index (χ0n) is 10.0. The topological polar surface area (TPSA) is 39.2 Å². The first-order valence-corrected chi connectivity index (χ1v) is 5.19. The number of ether oxygens (including phenoxy) is 1. The van der Waals surface area contributed by atoms with Crippen molar-refractivity contribution in [1.29, 1.82) is 0 Å². The van der Waals surface area contributed by atoms with Gasteiger partial charge in [0, 0.05) is 17.7 Å². The van der Waals surface area contributed by atoms with E-state index < -0.39 is 5.97 Å². The van der Waals surface area contributed by atoms with Crippen LogP contribution in [-0.2, 0) is 9.53 Å². The summed E-state index contributed by atoms with van der Waals surface area (Å²) >= 11 is 0. The maximum atomic E-state index is 9.84. The molecule has 3 heteroatoms. The second-order valence-corrected chi connectivity index (χ2v) is 3.43. The molecule has 0 bridgehead atoms. The Hall–Kier alpha value is -2.16. The van der Waals surface area contributed by atoms with Gasteiger partial charge in [-0.2, -0.15) is 0 Å². The average molecular weight is 229 g/mol. The van der Waals surface area contributed by atoms with Crippen molar-refractivity contribution in [2.45, 2.75) is 6.92 Å². The summed E-state index contributed by atoms with van der Waals surface area (Å²) in [5.41, 5.74) is 2.35. The van der Waals surface area contributed by atoms with Gasteiger partial charge in [0.15, 0.2) is 0 Å². The summed E-state index contributed by atoms with van der Waals surface area (Å²) in [6.45, 7) is 5.25. The van der Waals surface area contributed by atoms with Crippen LogP contribution in [0.1, 0.15) is 5.56 Å². The number of aryl methyl sites for hydroxylation is 1. The normalized spacial score (nSPS) is 9.06. The van der Waals surface area contributed by atoms with Crippen LogP contribution in [0.4, 0.5) is 0 Å². The van der Waals surface area contributed by atoms with Crippen LogP contribution in [0.15, 0.2) is 49.2 Å². The van der Waals surface area contributed by atoms with E-state index >= 15 is 0 Å². The lowest BCUT2D eigenvalue weighted by atomic mass is 10.1. The van der Waals surface area contributed by atoms with Gasteiger partial charge in [0.05, 0.1) is 12.6 Å². The van der Waals surface area contributed by atoms with Crippen molar-refractivity contribution in [3.05, 3.63) is 54.7 Å². The van der Waals surface area contributed by atoms with Crippen molar-refractivity contribution in [2.75, 3.05) is 7.11 Å². The molecule has 0 aliphatic heterocycles. The molecule has 2 aromatic rings. The standard InChI is InChI=1S/C10H9N.C4H6O2/c1-8-4-5-10-9(7-8)3-2-6-11-10;1-3-4(5)6-2/h2-7H,1H3;3H,1H2,2H3. The summed E-state index contributed by atoms with van der Waals surface area (Å²) in [6.07, 6.45) is 2.93. The fourth-order valence-electron chi connectivity index (χ4n) is 1.28. The van der Waals surface area contributed by atoms with E-state index in [-0.39, 0.29) is 0 Å². The van der Waals surface area contributed by atoms with Crippen LogP contribution in [-0.4, -0.2) is 18.1 Å². The number of aromatic nitrogens is 1. The van der Waals surface area contributed by atoms with Crippen molar-refractivity contribution in [1.82, 2.24) is 4.98 Å². The molecule has 0 atom stereocenters. The van der Waals surface area contributed by atoms with Gasteiger partial charge in [-0.25, -0.2) is 4.79 Å². The molecule has 0 fully saturated rings. The van der Waals surface area contributed by atoms with Gasteiger partial charge in [-0.1, -0.05) is 24.3 Å². The molecule has 1 aromatic heterocycles. The molecule has 1 aromatic carbocycles. The number of hydrogen-bond donors (Lipinski definition) is 0. The molecular formula is C14H15NO2.